The van der Waals surface area contributed by atoms with Gasteiger partial charge in [-0.1, -0.05) is 30.4 Å². The van der Waals surface area contributed by atoms with Crippen LogP contribution >= 0.6 is 0 Å². The Morgan fingerprint density at radius 2 is 1.92 bits per heavy atom. The third-order valence-corrected chi connectivity index (χ3v) is 4.76. The van der Waals surface area contributed by atoms with Crippen LogP contribution in [-0.4, -0.2) is 30.7 Å². The molecule has 2 heterocycles. The minimum Gasteiger partial charge on any atom is -0.454 e. The van der Waals surface area contributed by atoms with Crippen LogP contribution in [0.4, 0.5) is 0 Å². The first-order chi connectivity index (χ1) is 12.7. The standard InChI is InChI=1S/C22H27NO3/c1-18(19-12-13-20-21(16-19)26-17-25-20)10-6-4-2-3-5-7-11-22(24)23-14-8-9-15-23/h3,5,7,10-13,16H,2,4,6,8-9,14-15,17H2,1H3/b5-3+,11-7+,18-10+. The van der Waals surface area contributed by atoms with Gasteiger partial charge in [0.25, 0.3) is 0 Å². The van der Waals surface area contributed by atoms with Crippen molar-refractivity contribution < 1.29 is 14.3 Å². The lowest BCUT2D eigenvalue weighted by Crippen LogP contribution is -2.25. The van der Waals surface area contributed by atoms with E-state index in [0.717, 1.165) is 56.7 Å². The molecule has 3 rings (SSSR count). The molecule has 4 heteroatoms. The highest BCUT2D eigenvalue weighted by Crippen LogP contribution is 2.34. The second-order valence-electron chi connectivity index (χ2n) is 6.71. The summed E-state index contributed by atoms with van der Waals surface area (Å²) in [5.41, 5.74) is 2.43. The minimum absolute atomic E-state index is 0.134. The maximum atomic E-state index is 11.8. The summed E-state index contributed by atoms with van der Waals surface area (Å²) in [4.78, 5) is 13.8. The molecule has 0 bridgehead atoms. The molecule has 0 aromatic heterocycles. The average Bonchev–Trinajstić information content (AvgIpc) is 3.34. The second kappa shape index (κ2) is 9.27. The van der Waals surface area contributed by atoms with Crippen LogP contribution in [0.15, 0.2) is 48.6 Å². The van der Waals surface area contributed by atoms with Crippen LogP contribution in [0.1, 0.15) is 44.6 Å². The average molecular weight is 353 g/mol. The Morgan fingerprint density at radius 1 is 1.12 bits per heavy atom. The number of fused-ring (bicyclic) bond motifs is 1. The van der Waals surface area contributed by atoms with Crippen molar-refractivity contribution in [3.8, 4) is 11.5 Å². The zero-order valence-electron chi connectivity index (χ0n) is 15.4. The van der Waals surface area contributed by atoms with Gasteiger partial charge in [0.15, 0.2) is 11.5 Å². The smallest absolute Gasteiger partial charge is 0.246 e. The first kappa shape index (κ1) is 18.3. The van der Waals surface area contributed by atoms with Crippen molar-refractivity contribution in [2.24, 2.45) is 0 Å². The number of likely N-dealkylation sites (tertiary alicyclic amines) is 1. The molecular weight excluding hydrogens is 326 g/mol. The van der Waals surface area contributed by atoms with Gasteiger partial charge in [0, 0.05) is 19.2 Å². The number of rotatable bonds is 7. The molecule has 4 nitrogen and oxygen atoms in total. The van der Waals surface area contributed by atoms with Crippen LogP contribution in [0, 0.1) is 0 Å². The third-order valence-electron chi connectivity index (χ3n) is 4.76. The van der Waals surface area contributed by atoms with Gasteiger partial charge in [0.05, 0.1) is 0 Å². The van der Waals surface area contributed by atoms with Gasteiger partial charge in [-0.25, -0.2) is 0 Å². The predicted molar refractivity (Wildman–Crippen MR) is 104 cm³/mol. The number of hydrogen-bond donors (Lipinski definition) is 0. The number of allylic oxidation sites excluding steroid dienone is 5. The first-order valence-corrected chi connectivity index (χ1v) is 9.43. The summed E-state index contributed by atoms with van der Waals surface area (Å²) in [6.45, 7) is 4.25. The number of amides is 1. The molecule has 26 heavy (non-hydrogen) atoms. The monoisotopic (exact) mass is 353 g/mol. The van der Waals surface area contributed by atoms with Gasteiger partial charge in [-0.2, -0.15) is 0 Å². The number of hydrogen-bond acceptors (Lipinski definition) is 3. The highest BCUT2D eigenvalue weighted by Gasteiger charge is 2.15. The van der Waals surface area contributed by atoms with Crippen LogP contribution in [0.3, 0.4) is 0 Å². The van der Waals surface area contributed by atoms with Gasteiger partial charge in [-0.05, 0) is 62.3 Å². The van der Waals surface area contributed by atoms with Gasteiger partial charge in [0.2, 0.25) is 12.7 Å². The van der Waals surface area contributed by atoms with Crippen molar-refractivity contribution in [1.29, 1.82) is 0 Å². The molecule has 0 spiro atoms. The lowest BCUT2D eigenvalue weighted by molar-refractivity contribution is -0.124. The van der Waals surface area contributed by atoms with Crippen LogP contribution in [0.25, 0.3) is 5.57 Å². The number of ether oxygens (including phenoxy) is 2. The van der Waals surface area contributed by atoms with E-state index in [9.17, 15) is 4.79 Å². The van der Waals surface area contributed by atoms with Crippen molar-refractivity contribution in [3.05, 3.63) is 54.1 Å². The Morgan fingerprint density at radius 3 is 2.77 bits per heavy atom. The molecule has 2 aliphatic rings. The van der Waals surface area contributed by atoms with E-state index in [0.29, 0.717) is 6.79 Å². The Balaban J connectivity index is 1.36. The molecule has 0 saturated carbocycles. The Bertz CT molecular complexity index is 712. The SMILES string of the molecule is C/C(=C\CCC/C=C/C=C/C(=O)N1CCCC1)c1ccc2c(c1)OCO2. The number of benzene rings is 1. The largest absolute Gasteiger partial charge is 0.454 e. The van der Waals surface area contributed by atoms with Crippen molar-refractivity contribution in [1.82, 2.24) is 4.90 Å². The molecule has 0 aliphatic carbocycles. The topological polar surface area (TPSA) is 38.8 Å². The zero-order valence-corrected chi connectivity index (χ0v) is 15.4. The van der Waals surface area contributed by atoms with Crippen LogP contribution in [-0.2, 0) is 4.79 Å². The number of nitrogens with zero attached hydrogens (tertiary/aromatic N) is 1. The predicted octanol–water partition coefficient (Wildman–Crippen LogP) is 4.72. The van der Waals surface area contributed by atoms with E-state index < -0.39 is 0 Å². The van der Waals surface area contributed by atoms with Gasteiger partial charge < -0.3 is 14.4 Å². The van der Waals surface area contributed by atoms with Crippen molar-refractivity contribution in [2.45, 2.75) is 39.0 Å². The maximum absolute atomic E-state index is 11.8. The first-order valence-electron chi connectivity index (χ1n) is 9.43. The van der Waals surface area contributed by atoms with Crippen LogP contribution in [0.5, 0.6) is 11.5 Å². The highest BCUT2D eigenvalue weighted by molar-refractivity contribution is 5.88. The van der Waals surface area contributed by atoms with Crippen molar-refractivity contribution in [2.75, 3.05) is 19.9 Å². The molecule has 0 radical (unpaired) electrons. The number of carbonyl (C=O) groups excluding carboxylic acids is 1. The number of carbonyl (C=O) groups is 1. The van der Waals surface area contributed by atoms with Gasteiger partial charge in [-0.15, -0.1) is 0 Å². The molecule has 1 saturated heterocycles. The van der Waals surface area contributed by atoms with Gasteiger partial charge >= 0.3 is 0 Å². The summed E-state index contributed by atoms with van der Waals surface area (Å²) in [5.74, 6) is 1.78. The lowest BCUT2D eigenvalue weighted by Gasteiger charge is -2.11. The fourth-order valence-electron chi connectivity index (χ4n) is 3.17. The van der Waals surface area contributed by atoms with E-state index in [1.165, 1.54) is 11.1 Å². The van der Waals surface area contributed by atoms with Crippen molar-refractivity contribution in [3.63, 3.8) is 0 Å². The van der Waals surface area contributed by atoms with Gasteiger partial charge in [0.1, 0.15) is 0 Å². The fraction of sp³-hybridized carbons (Fsp3) is 0.409. The van der Waals surface area contributed by atoms with E-state index in [4.69, 9.17) is 9.47 Å². The van der Waals surface area contributed by atoms with E-state index in [1.54, 1.807) is 6.08 Å². The summed E-state index contributed by atoms with van der Waals surface area (Å²) in [5, 5.41) is 0. The van der Waals surface area contributed by atoms with Crippen molar-refractivity contribution >= 4 is 11.5 Å². The molecule has 1 amide bonds. The minimum atomic E-state index is 0.134. The van der Waals surface area contributed by atoms with E-state index in [-0.39, 0.29) is 5.91 Å². The molecule has 0 atom stereocenters. The second-order valence-corrected chi connectivity index (χ2v) is 6.71. The molecule has 2 aliphatic heterocycles. The zero-order chi connectivity index (χ0) is 18.2. The highest BCUT2D eigenvalue weighted by atomic mass is 16.7. The van der Waals surface area contributed by atoms with Crippen LogP contribution in [0.2, 0.25) is 0 Å². The molecular formula is C22H27NO3. The molecule has 0 N–H and O–H groups in total. The van der Waals surface area contributed by atoms with E-state index in [2.05, 4.69) is 25.1 Å². The summed E-state index contributed by atoms with van der Waals surface area (Å²) in [6.07, 6.45) is 15.3. The molecule has 1 aromatic rings. The summed E-state index contributed by atoms with van der Waals surface area (Å²) < 4.78 is 10.8. The summed E-state index contributed by atoms with van der Waals surface area (Å²) in [6, 6.07) is 6.07. The Kier molecular flexibility index (Phi) is 6.53. The van der Waals surface area contributed by atoms with Gasteiger partial charge in [-0.3, -0.25) is 4.79 Å². The Labute approximate surface area is 155 Å². The number of unbranched alkanes of at least 4 members (excludes halogenated alkanes) is 2. The molecule has 1 aromatic carbocycles. The molecule has 138 valence electrons. The van der Waals surface area contributed by atoms with E-state index >= 15 is 0 Å². The van der Waals surface area contributed by atoms with E-state index in [1.807, 2.05) is 29.2 Å². The fourth-order valence-corrected chi connectivity index (χ4v) is 3.17. The third kappa shape index (κ3) is 5.01. The lowest BCUT2D eigenvalue weighted by atomic mass is 10.0. The maximum Gasteiger partial charge on any atom is 0.246 e. The molecule has 0 unspecified atom stereocenters. The Hall–Kier alpha value is -2.49. The van der Waals surface area contributed by atoms with Crippen LogP contribution < -0.4 is 9.47 Å². The summed E-state index contributed by atoms with van der Waals surface area (Å²) >= 11 is 0. The molecule has 1 fully saturated rings. The normalized spacial score (nSPS) is 17.0. The summed E-state index contributed by atoms with van der Waals surface area (Å²) in [7, 11) is 0. The quantitative estimate of drug-likeness (QED) is 0.404.